The third-order valence-corrected chi connectivity index (χ3v) is 11.4. The fraction of sp³-hybridized carbons (Fsp3) is 0.667. The second-order valence-corrected chi connectivity index (χ2v) is 16.2. The number of hydrogen-bond acceptors (Lipinski definition) is 5. The molecule has 5 nitrogen and oxygen atoms in total. The molecule has 1 aromatic carbocycles. The SMILES string of the molecule is CC(=O)CC(=O)C(C)(C)C(=O)[C@H](C)[C@@H](O[Si](C)(C)C(C)(C)C)[C@@H](C)COCc1ccccc1. The minimum Gasteiger partial charge on any atom is -0.413 e. The maximum Gasteiger partial charge on any atom is 0.192 e. The third-order valence-electron chi connectivity index (χ3n) is 6.92. The predicted molar refractivity (Wildman–Crippen MR) is 136 cm³/mol. The molecule has 0 aromatic heterocycles. The molecule has 0 saturated carbocycles. The molecule has 33 heavy (non-hydrogen) atoms. The van der Waals surface area contributed by atoms with E-state index in [9.17, 15) is 14.4 Å². The second-order valence-electron chi connectivity index (χ2n) is 11.4. The van der Waals surface area contributed by atoms with Gasteiger partial charge >= 0.3 is 0 Å². The van der Waals surface area contributed by atoms with Crippen LogP contribution in [0.15, 0.2) is 30.3 Å². The van der Waals surface area contributed by atoms with Gasteiger partial charge in [-0.15, -0.1) is 0 Å². The molecular weight excluding hydrogens is 432 g/mol. The highest BCUT2D eigenvalue weighted by Crippen LogP contribution is 2.40. The van der Waals surface area contributed by atoms with E-state index in [2.05, 4.69) is 33.9 Å². The summed E-state index contributed by atoms with van der Waals surface area (Å²) in [7, 11) is -2.20. The van der Waals surface area contributed by atoms with Crippen LogP contribution in [0.25, 0.3) is 0 Å². The van der Waals surface area contributed by atoms with Crippen molar-refractivity contribution in [2.75, 3.05) is 6.61 Å². The molecule has 0 heterocycles. The van der Waals surface area contributed by atoms with Gasteiger partial charge in [0, 0.05) is 11.8 Å². The Labute approximate surface area is 201 Å². The maximum absolute atomic E-state index is 13.5. The van der Waals surface area contributed by atoms with Gasteiger partial charge in [0.15, 0.2) is 19.9 Å². The fourth-order valence-electron chi connectivity index (χ4n) is 3.56. The van der Waals surface area contributed by atoms with Crippen molar-refractivity contribution >= 4 is 25.7 Å². The molecule has 1 aromatic rings. The lowest BCUT2D eigenvalue weighted by molar-refractivity contribution is -0.144. The highest BCUT2D eigenvalue weighted by molar-refractivity contribution is 6.74. The Morgan fingerprint density at radius 2 is 1.52 bits per heavy atom. The first-order valence-corrected chi connectivity index (χ1v) is 14.8. The van der Waals surface area contributed by atoms with Crippen LogP contribution >= 0.6 is 0 Å². The van der Waals surface area contributed by atoms with Crippen LogP contribution in [-0.4, -0.2) is 38.4 Å². The Balaban J connectivity index is 3.10. The highest BCUT2D eigenvalue weighted by Gasteiger charge is 2.46. The smallest absolute Gasteiger partial charge is 0.192 e. The summed E-state index contributed by atoms with van der Waals surface area (Å²) in [4.78, 5) is 37.7. The van der Waals surface area contributed by atoms with E-state index in [1.54, 1.807) is 13.8 Å². The van der Waals surface area contributed by atoms with E-state index in [4.69, 9.17) is 9.16 Å². The zero-order valence-corrected chi connectivity index (χ0v) is 23.3. The number of ketones is 3. The average molecular weight is 477 g/mol. The molecule has 0 radical (unpaired) electrons. The molecule has 0 aliphatic rings. The van der Waals surface area contributed by atoms with Crippen LogP contribution in [0.5, 0.6) is 0 Å². The largest absolute Gasteiger partial charge is 0.413 e. The molecule has 0 spiro atoms. The molecule has 0 aliphatic carbocycles. The first kappa shape index (κ1) is 29.4. The van der Waals surface area contributed by atoms with Crippen LogP contribution in [0.3, 0.4) is 0 Å². The monoisotopic (exact) mass is 476 g/mol. The normalized spacial score (nSPS) is 15.6. The molecule has 186 valence electrons. The fourth-order valence-corrected chi connectivity index (χ4v) is 5.03. The van der Waals surface area contributed by atoms with Crippen molar-refractivity contribution in [2.45, 2.75) is 92.7 Å². The minimum absolute atomic E-state index is 0.0292. The Morgan fingerprint density at radius 1 is 0.970 bits per heavy atom. The Hall–Kier alpha value is -1.63. The number of hydrogen-bond donors (Lipinski definition) is 0. The molecule has 0 N–H and O–H groups in total. The van der Waals surface area contributed by atoms with Gasteiger partial charge in [-0.2, -0.15) is 0 Å². The Morgan fingerprint density at radius 3 is 2.00 bits per heavy atom. The second kappa shape index (κ2) is 11.7. The summed E-state index contributed by atoms with van der Waals surface area (Å²) in [5.74, 6) is -1.33. The van der Waals surface area contributed by atoms with Gasteiger partial charge in [-0.25, -0.2) is 0 Å². The number of carbonyl (C=O) groups is 3. The van der Waals surface area contributed by atoms with Crippen molar-refractivity contribution in [1.29, 1.82) is 0 Å². The van der Waals surface area contributed by atoms with Crippen molar-refractivity contribution < 1.29 is 23.5 Å². The summed E-state index contributed by atoms with van der Waals surface area (Å²) < 4.78 is 12.8. The first-order chi connectivity index (χ1) is 15.0. The number of ether oxygens (including phenoxy) is 1. The summed E-state index contributed by atoms with van der Waals surface area (Å²) in [5, 5.41) is -0.0292. The molecule has 0 amide bonds. The molecule has 3 atom stereocenters. The lowest BCUT2D eigenvalue weighted by Gasteiger charge is -2.43. The van der Waals surface area contributed by atoms with Gasteiger partial charge in [-0.3, -0.25) is 14.4 Å². The van der Waals surface area contributed by atoms with Crippen molar-refractivity contribution in [3.8, 4) is 0 Å². The van der Waals surface area contributed by atoms with Crippen LogP contribution in [0.1, 0.15) is 67.4 Å². The van der Waals surface area contributed by atoms with E-state index in [0.717, 1.165) is 5.56 Å². The molecule has 1 rings (SSSR count). The molecule has 0 unspecified atom stereocenters. The standard InChI is InChI=1S/C27H44O5Si/c1-19(17-31-18-22-14-12-11-13-15-22)24(32-33(9,10)26(4,5)6)21(3)25(30)27(7,8)23(29)16-20(2)28/h11-15,19,21,24H,16-18H2,1-10H3/t19-,21+,24-/m0/s1. The summed E-state index contributed by atoms with van der Waals surface area (Å²) >= 11 is 0. The van der Waals surface area contributed by atoms with Crippen molar-refractivity contribution in [3.05, 3.63) is 35.9 Å². The van der Waals surface area contributed by atoms with Gasteiger partial charge in [0.1, 0.15) is 5.78 Å². The maximum atomic E-state index is 13.5. The summed E-state index contributed by atoms with van der Waals surface area (Å²) in [5.41, 5.74) is -0.156. The number of Topliss-reactive ketones (excluding diaryl/α,β-unsaturated/α-hetero) is 3. The van der Waals surface area contributed by atoms with Crippen molar-refractivity contribution in [2.24, 2.45) is 17.3 Å². The van der Waals surface area contributed by atoms with Gasteiger partial charge in [0.25, 0.3) is 0 Å². The Bertz CT molecular complexity index is 808. The predicted octanol–water partition coefficient (Wildman–Crippen LogP) is 6.01. The molecular formula is C27H44O5Si. The Kier molecular flexibility index (Phi) is 10.4. The molecule has 6 heteroatoms. The number of rotatable bonds is 13. The lowest BCUT2D eigenvalue weighted by Crippen LogP contribution is -2.51. The minimum atomic E-state index is -2.20. The van der Waals surface area contributed by atoms with Gasteiger partial charge in [0.05, 0.1) is 31.2 Å². The first-order valence-electron chi connectivity index (χ1n) is 11.9. The van der Waals surface area contributed by atoms with Crippen molar-refractivity contribution in [1.82, 2.24) is 0 Å². The van der Waals surface area contributed by atoms with Gasteiger partial charge < -0.3 is 9.16 Å². The van der Waals surface area contributed by atoms with E-state index in [1.807, 2.05) is 44.2 Å². The number of carbonyl (C=O) groups excluding carboxylic acids is 3. The summed E-state index contributed by atoms with van der Waals surface area (Å²) in [6.45, 7) is 20.3. The van der Waals surface area contributed by atoms with Gasteiger partial charge in [-0.05, 0) is 44.5 Å². The summed E-state index contributed by atoms with van der Waals surface area (Å²) in [6, 6.07) is 9.96. The van der Waals surface area contributed by atoms with Crippen LogP contribution in [0, 0.1) is 17.3 Å². The van der Waals surface area contributed by atoms with Gasteiger partial charge in [0.2, 0.25) is 0 Å². The quantitative estimate of drug-likeness (QED) is 0.258. The van der Waals surface area contributed by atoms with E-state index in [1.165, 1.54) is 6.92 Å². The molecule has 0 saturated heterocycles. The van der Waals surface area contributed by atoms with Crippen LogP contribution in [0.2, 0.25) is 18.1 Å². The third kappa shape index (κ3) is 8.27. The van der Waals surface area contributed by atoms with E-state index in [-0.39, 0.29) is 34.7 Å². The lowest BCUT2D eigenvalue weighted by atomic mass is 9.74. The van der Waals surface area contributed by atoms with Crippen molar-refractivity contribution in [3.63, 3.8) is 0 Å². The van der Waals surface area contributed by atoms with E-state index >= 15 is 0 Å². The zero-order valence-electron chi connectivity index (χ0n) is 22.3. The highest BCUT2D eigenvalue weighted by atomic mass is 28.4. The van der Waals surface area contributed by atoms with Crippen LogP contribution < -0.4 is 0 Å². The zero-order chi connectivity index (χ0) is 25.6. The average Bonchev–Trinajstić information content (AvgIpc) is 2.70. The van der Waals surface area contributed by atoms with Gasteiger partial charge in [-0.1, -0.05) is 65.0 Å². The summed E-state index contributed by atoms with van der Waals surface area (Å²) in [6.07, 6.45) is -0.617. The van der Waals surface area contributed by atoms with Crippen LogP contribution in [-0.2, 0) is 30.2 Å². The van der Waals surface area contributed by atoms with E-state index in [0.29, 0.717) is 13.2 Å². The molecule has 0 bridgehead atoms. The molecule has 0 fully saturated rings. The van der Waals surface area contributed by atoms with E-state index < -0.39 is 25.8 Å². The molecule has 0 aliphatic heterocycles. The van der Waals surface area contributed by atoms with Crippen LogP contribution in [0.4, 0.5) is 0 Å². The number of benzene rings is 1. The topological polar surface area (TPSA) is 69.7 Å².